The minimum absolute atomic E-state index is 0.0444. The van der Waals surface area contributed by atoms with Crippen molar-refractivity contribution >= 4 is 23.8 Å². The second-order valence-electron chi connectivity index (χ2n) is 7.91. The van der Waals surface area contributed by atoms with E-state index < -0.39 is 18.1 Å². The van der Waals surface area contributed by atoms with Crippen molar-refractivity contribution in [3.8, 4) is 11.1 Å². The van der Waals surface area contributed by atoms with E-state index in [0.717, 1.165) is 40.8 Å². The number of benzene rings is 2. The van der Waals surface area contributed by atoms with Crippen LogP contribution >= 0.6 is 11.8 Å². The second kappa shape index (κ2) is 11.2. The van der Waals surface area contributed by atoms with E-state index in [0.29, 0.717) is 18.1 Å². The van der Waals surface area contributed by atoms with Gasteiger partial charge in [-0.2, -0.15) is 11.8 Å². The van der Waals surface area contributed by atoms with Gasteiger partial charge in [0, 0.05) is 5.92 Å². The third-order valence-electron chi connectivity index (χ3n) is 5.99. The van der Waals surface area contributed by atoms with Gasteiger partial charge >= 0.3 is 12.1 Å². The quantitative estimate of drug-likeness (QED) is 0.448. The van der Waals surface area contributed by atoms with Crippen LogP contribution in [0.5, 0.6) is 0 Å². The molecule has 0 spiro atoms. The number of thioether (sulfide) groups is 1. The molecule has 0 aromatic heterocycles. The molecule has 5 nitrogen and oxygen atoms in total. The number of carbonyl (C=O) groups excluding carboxylic acids is 1. The molecule has 1 aliphatic carbocycles. The number of hydrogen-bond acceptors (Lipinski definition) is 4. The Morgan fingerprint density at radius 2 is 1.61 bits per heavy atom. The van der Waals surface area contributed by atoms with Crippen LogP contribution in [0.15, 0.2) is 48.5 Å². The van der Waals surface area contributed by atoms with Gasteiger partial charge in [-0.15, -0.1) is 0 Å². The lowest BCUT2D eigenvalue weighted by Gasteiger charge is -2.18. The van der Waals surface area contributed by atoms with Crippen LogP contribution in [-0.4, -0.2) is 41.3 Å². The Labute approximate surface area is 188 Å². The van der Waals surface area contributed by atoms with Gasteiger partial charge in [-0.25, -0.2) is 9.59 Å². The molecule has 166 valence electrons. The predicted octanol–water partition coefficient (Wildman–Crippen LogP) is 5.54. The van der Waals surface area contributed by atoms with Gasteiger partial charge in [-0.3, -0.25) is 0 Å². The van der Waals surface area contributed by atoms with Gasteiger partial charge in [0.25, 0.3) is 0 Å². The molecule has 0 radical (unpaired) electrons. The molecule has 0 aliphatic heterocycles. The van der Waals surface area contributed by atoms with Crippen molar-refractivity contribution < 1.29 is 19.4 Å². The topological polar surface area (TPSA) is 75.6 Å². The van der Waals surface area contributed by atoms with Gasteiger partial charge in [0.15, 0.2) is 0 Å². The maximum Gasteiger partial charge on any atom is 0.407 e. The molecule has 3 rings (SSSR count). The lowest BCUT2D eigenvalue weighted by Crippen LogP contribution is -2.41. The summed E-state index contributed by atoms with van der Waals surface area (Å²) in [6, 6.07) is 15.3. The Hall–Kier alpha value is -2.47. The van der Waals surface area contributed by atoms with Crippen molar-refractivity contribution in [1.29, 1.82) is 0 Å². The van der Waals surface area contributed by atoms with Crippen molar-refractivity contribution in [2.45, 2.75) is 45.1 Å². The summed E-state index contributed by atoms with van der Waals surface area (Å²) in [6.45, 7) is 4.52. The Kier molecular flexibility index (Phi) is 8.41. The van der Waals surface area contributed by atoms with E-state index in [-0.39, 0.29) is 12.5 Å². The zero-order valence-corrected chi connectivity index (χ0v) is 19.0. The van der Waals surface area contributed by atoms with Crippen LogP contribution in [0.1, 0.15) is 50.2 Å². The summed E-state index contributed by atoms with van der Waals surface area (Å²) in [5.41, 5.74) is 4.57. The average Bonchev–Trinajstić information content (AvgIpc) is 3.10. The first kappa shape index (κ1) is 23.2. The molecule has 0 saturated carbocycles. The SMILES string of the molecule is CCC(CC)CSCCC(NC(=O)OCC1c2ccccc2-c2ccccc21)C(=O)O. The van der Waals surface area contributed by atoms with Crippen LogP contribution in [0.25, 0.3) is 11.1 Å². The van der Waals surface area contributed by atoms with E-state index in [2.05, 4.69) is 43.4 Å². The van der Waals surface area contributed by atoms with Crippen LogP contribution in [0.3, 0.4) is 0 Å². The van der Waals surface area contributed by atoms with Crippen molar-refractivity contribution in [3.63, 3.8) is 0 Å². The van der Waals surface area contributed by atoms with E-state index >= 15 is 0 Å². The van der Waals surface area contributed by atoms with Crippen LogP contribution in [0.4, 0.5) is 4.79 Å². The lowest BCUT2D eigenvalue weighted by atomic mass is 9.98. The van der Waals surface area contributed by atoms with Crippen molar-refractivity contribution in [2.75, 3.05) is 18.1 Å². The molecule has 2 aromatic carbocycles. The summed E-state index contributed by atoms with van der Waals surface area (Å²) < 4.78 is 5.48. The molecule has 2 N–H and O–H groups in total. The molecule has 0 heterocycles. The Morgan fingerprint density at radius 3 is 2.16 bits per heavy atom. The summed E-state index contributed by atoms with van der Waals surface area (Å²) in [4.78, 5) is 24.0. The molecule has 0 fully saturated rings. The average molecular weight is 442 g/mol. The van der Waals surface area contributed by atoms with E-state index in [1.807, 2.05) is 24.3 Å². The number of aliphatic carboxylic acids is 1. The van der Waals surface area contributed by atoms with E-state index in [4.69, 9.17) is 4.74 Å². The second-order valence-corrected chi connectivity index (χ2v) is 9.06. The maximum atomic E-state index is 12.4. The third-order valence-corrected chi connectivity index (χ3v) is 7.22. The first-order chi connectivity index (χ1) is 15.0. The number of rotatable bonds is 11. The first-order valence-electron chi connectivity index (χ1n) is 11.0. The van der Waals surface area contributed by atoms with Crippen LogP contribution in [0, 0.1) is 5.92 Å². The fourth-order valence-electron chi connectivity index (χ4n) is 4.02. The molecule has 1 unspecified atom stereocenters. The van der Waals surface area contributed by atoms with E-state index in [1.54, 1.807) is 11.8 Å². The van der Waals surface area contributed by atoms with E-state index in [1.165, 1.54) is 0 Å². The molecule has 1 aliphatic rings. The van der Waals surface area contributed by atoms with Gasteiger partial charge in [0.2, 0.25) is 0 Å². The number of fused-ring (bicyclic) bond motifs is 3. The Balaban J connectivity index is 1.53. The zero-order valence-electron chi connectivity index (χ0n) is 18.2. The molecule has 31 heavy (non-hydrogen) atoms. The third kappa shape index (κ3) is 5.82. The normalized spacial score (nSPS) is 13.5. The molecule has 6 heteroatoms. The highest BCUT2D eigenvalue weighted by molar-refractivity contribution is 7.99. The number of ether oxygens (including phenoxy) is 1. The highest BCUT2D eigenvalue weighted by Gasteiger charge is 2.29. The number of nitrogens with one attached hydrogen (secondary N) is 1. The summed E-state index contributed by atoms with van der Waals surface area (Å²) in [7, 11) is 0. The fraction of sp³-hybridized carbons (Fsp3) is 0.440. The van der Waals surface area contributed by atoms with Crippen molar-refractivity contribution in [2.24, 2.45) is 5.92 Å². The number of alkyl carbamates (subject to hydrolysis) is 1. The minimum Gasteiger partial charge on any atom is -0.480 e. The minimum atomic E-state index is -1.03. The number of carbonyl (C=O) groups is 2. The van der Waals surface area contributed by atoms with E-state index in [9.17, 15) is 14.7 Å². The Morgan fingerprint density at radius 1 is 1.03 bits per heavy atom. The standard InChI is InChI=1S/C25H31NO4S/c1-3-17(4-2)16-31-14-13-23(24(27)28)26-25(29)30-15-22-20-11-7-5-9-18(20)19-10-6-8-12-21(19)22/h5-12,17,22-23H,3-4,13-16H2,1-2H3,(H,26,29)(H,27,28). The van der Waals surface area contributed by atoms with Gasteiger partial charge in [-0.1, -0.05) is 75.2 Å². The maximum absolute atomic E-state index is 12.4. The van der Waals surface area contributed by atoms with Gasteiger partial charge in [-0.05, 0) is 46.1 Å². The molecule has 0 bridgehead atoms. The van der Waals surface area contributed by atoms with Gasteiger partial charge in [0.1, 0.15) is 12.6 Å². The van der Waals surface area contributed by atoms with Gasteiger partial charge in [0.05, 0.1) is 0 Å². The number of amides is 1. The summed E-state index contributed by atoms with van der Waals surface area (Å²) in [5, 5.41) is 12.0. The first-order valence-corrected chi connectivity index (χ1v) is 12.1. The largest absolute Gasteiger partial charge is 0.480 e. The zero-order chi connectivity index (χ0) is 22.2. The fourth-order valence-corrected chi connectivity index (χ4v) is 5.39. The highest BCUT2D eigenvalue weighted by atomic mass is 32.2. The van der Waals surface area contributed by atoms with Crippen molar-refractivity contribution in [1.82, 2.24) is 5.32 Å². The molecule has 1 amide bonds. The monoisotopic (exact) mass is 441 g/mol. The van der Waals surface area contributed by atoms with Crippen LogP contribution in [0.2, 0.25) is 0 Å². The lowest BCUT2D eigenvalue weighted by molar-refractivity contribution is -0.139. The Bertz CT molecular complexity index is 851. The summed E-state index contributed by atoms with van der Waals surface area (Å²) in [6.07, 6.45) is 1.96. The molecule has 2 aromatic rings. The summed E-state index contributed by atoms with van der Waals surface area (Å²) in [5.74, 6) is 1.29. The number of carboxylic acid groups (broad SMARTS) is 1. The molecular formula is C25H31NO4S. The number of hydrogen-bond donors (Lipinski definition) is 2. The number of carboxylic acids is 1. The summed E-state index contributed by atoms with van der Waals surface area (Å²) >= 11 is 1.75. The van der Waals surface area contributed by atoms with Gasteiger partial charge < -0.3 is 15.2 Å². The van der Waals surface area contributed by atoms with Crippen molar-refractivity contribution in [3.05, 3.63) is 59.7 Å². The molecule has 0 saturated heterocycles. The highest BCUT2D eigenvalue weighted by Crippen LogP contribution is 2.44. The van der Waals surface area contributed by atoms with Crippen LogP contribution < -0.4 is 5.32 Å². The smallest absolute Gasteiger partial charge is 0.407 e. The predicted molar refractivity (Wildman–Crippen MR) is 126 cm³/mol. The molecule has 1 atom stereocenters. The van der Waals surface area contributed by atoms with Crippen LogP contribution in [-0.2, 0) is 9.53 Å². The molecular weight excluding hydrogens is 410 g/mol.